The first-order valence-corrected chi connectivity index (χ1v) is 7.46. The largest absolute Gasteiger partial charge is 0.508 e. The van der Waals surface area contributed by atoms with Gasteiger partial charge in [0.15, 0.2) is 0 Å². The fourth-order valence-electron chi connectivity index (χ4n) is 2.78. The molecule has 0 atom stereocenters. The van der Waals surface area contributed by atoms with Gasteiger partial charge in [0.2, 0.25) is 11.6 Å². The topological polar surface area (TPSA) is 74.6 Å². The van der Waals surface area contributed by atoms with Crippen molar-refractivity contribution in [2.45, 2.75) is 19.3 Å². The molecule has 0 saturated carbocycles. The number of aryl methyl sites for hydroxylation is 1. The Labute approximate surface area is 133 Å². The molecule has 0 fully saturated rings. The molecule has 23 heavy (non-hydrogen) atoms. The van der Waals surface area contributed by atoms with E-state index in [2.05, 4.69) is 0 Å². The lowest BCUT2D eigenvalue weighted by atomic mass is 9.86. The zero-order valence-electron chi connectivity index (χ0n) is 12.5. The molecule has 4 heteroatoms. The highest BCUT2D eigenvalue weighted by molar-refractivity contribution is 6.52. The molecule has 116 valence electrons. The molecule has 1 aliphatic rings. The summed E-state index contributed by atoms with van der Waals surface area (Å²) >= 11 is 0. The second kappa shape index (κ2) is 6.08. The molecule has 4 nitrogen and oxygen atoms in total. The number of hydrogen-bond donors (Lipinski definition) is 2. The number of phenolic OH excluding ortho intramolecular Hbond substituents is 1. The third-order valence-corrected chi connectivity index (χ3v) is 4.02. The van der Waals surface area contributed by atoms with Gasteiger partial charge in [-0.3, -0.25) is 9.59 Å². The molecule has 0 amide bonds. The smallest absolute Gasteiger partial charge is 0.234 e. The maximum absolute atomic E-state index is 12.2. The number of ketones is 2. The van der Waals surface area contributed by atoms with E-state index in [4.69, 9.17) is 0 Å². The van der Waals surface area contributed by atoms with Crippen LogP contribution in [0.2, 0.25) is 0 Å². The number of fused-ring (bicyclic) bond motifs is 1. The maximum atomic E-state index is 12.2. The van der Waals surface area contributed by atoms with Gasteiger partial charge < -0.3 is 10.2 Å². The summed E-state index contributed by atoms with van der Waals surface area (Å²) < 4.78 is 0. The summed E-state index contributed by atoms with van der Waals surface area (Å²) in [5.74, 6) is -1.06. The van der Waals surface area contributed by atoms with Crippen molar-refractivity contribution >= 4 is 17.3 Å². The first-order chi connectivity index (χ1) is 11.1. The van der Waals surface area contributed by atoms with Crippen molar-refractivity contribution in [2.75, 3.05) is 0 Å². The van der Waals surface area contributed by atoms with E-state index < -0.39 is 11.6 Å². The van der Waals surface area contributed by atoms with Crippen molar-refractivity contribution in [3.8, 4) is 5.75 Å². The molecule has 2 N–H and O–H groups in total. The number of aromatic hydroxyl groups is 1. The van der Waals surface area contributed by atoms with Gasteiger partial charge in [-0.15, -0.1) is 0 Å². The number of phenols is 1. The Morgan fingerprint density at radius 3 is 2.09 bits per heavy atom. The quantitative estimate of drug-likeness (QED) is 0.848. The van der Waals surface area contributed by atoms with Gasteiger partial charge in [-0.05, 0) is 37.0 Å². The van der Waals surface area contributed by atoms with Crippen LogP contribution in [0.1, 0.15) is 34.3 Å². The SMILES string of the molecule is O=C1C(=O)c2ccccc2C(O)=C1CCCc1ccc(O)cc1. The van der Waals surface area contributed by atoms with Gasteiger partial charge in [0.25, 0.3) is 0 Å². The van der Waals surface area contributed by atoms with Crippen LogP contribution in [0.3, 0.4) is 0 Å². The average Bonchev–Trinajstić information content (AvgIpc) is 2.57. The molecular formula is C19H16O4. The molecule has 0 aliphatic heterocycles. The molecule has 0 unspecified atom stereocenters. The number of carbonyl (C=O) groups excluding carboxylic acids is 2. The highest BCUT2D eigenvalue weighted by Crippen LogP contribution is 2.30. The molecule has 1 aliphatic carbocycles. The average molecular weight is 308 g/mol. The second-order valence-corrected chi connectivity index (χ2v) is 5.55. The van der Waals surface area contributed by atoms with Gasteiger partial charge in [0.05, 0.1) is 0 Å². The predicted octanol–water partition coefficient (Wildman–Crippen LogP) is 3.45. The minimum Gasteiger partial charge on any atom is -0.508 e. The van der Waals surface area contributed by atoms with E-state index in [-0.39, 0.29) is 22.6 Å². The number of carbonyl (C=O) groups is 2. The van der Waals surface area contributed by atoms with Crippen LogP contribution in [-0.2, 0) is 11.2 Å². The van der Waals surface area contributed by atoms with Gasteiger partial charge in [0.1, 0.15) is 11.5 Å². The van der Waals surface area contributed by atoms with E-state index >= 15 is 0 Å². The number of rotatable bonds is 4. The van der Waals surface area contributed by atoms with Crippen LogP contribution in [0.4, 0.5) is 0 Å². The number of benzene rings is 2. The molecule has 0 heterocycles. The first-order valence-electron chi connectivity index (χ1n) is 7.46. The Bertz CT molecular complexity index is 800. The maximum Gasteiger partial charge on any atom is 0.234 e. The van der Waals surface area contributed by atoms with E-state index in [1.807, 2.05) is 12.1 Å². The molecule has 0 spiro atoms. The monoisotopic (exact) mass is 308 g/mol. The molecule has 2 aromatic carbocycles. The van der Waals surface area contributed by atoms with Crippen molar-refractivity contribution < 1.29 is 19.8 Å². The fourth-order valence-corrected chi connectivity index (χ4v) is 2.78. The minimum absolute atomic E-state index is 0.0871. The van der Waals surface area contributed by atoms with Gasteiger partial charge in [-0.25, -0.2) is 0 Å². The van der Waals surface area contributed by atoms with Crippen LogP contribution < -0.4 is 0 Å². The van der Waals surface area contributed by atoms with Crippen LogP contribution in [0.15, 0.2) is 54.1 Å². The number of aliphatic hydroxyl groups is 1. The molecule has 0 aromatic heterocycles. The molecule has 0 bridgehead atoms. The number of aliphatic hydroxyl groups excluding tert-OH is 1. The van der Waals surface area contributed by atoms with Gasteiger partial charge in [0, 0.05) is 16.7 Å². The summed E-state index contributed by atoms with van der Waals surface area (Å²) in [7, 11) is 0. The predicted molar refractivity (Wildman–Crippen MR) is 86.4 cm³/mol. The van der Waals surface area contributed by atoms with Gasteiger partial charge in [-0.1, -0.05) is 36.4 Å². The van der Waals surface area contributed by atoms with Crippen LogP contribution in [0, 0.1) is 0 Å². The van der Waals surface area contributed by atoms with Crippen LogP contribution >= 0.6 is 0 Å². The van der Waals surface area contributed by atoms with Gasteiger partial charge in [-0.2, -0.15) is 0 Å². The summed E-state index contributed by atoms with van der Waals surface area (Å²) in [5, 5.41) is 19.6. The summed E-state index contributed by atoms with van der Waals surface area (Å²) in [6.07, 6.45) is 1.66. The van der Waals surface area contributed by atoms with E-state index in [0.717, 1.165) is 5.56 Å². The zero-order chi connectivity index (χ0) is 16.4. The highest BCUT2D eigenvalue weighted by atomic mass is 16.3. The standard InChI is InChI=1S/C19H16O4/c20-13-10-8-12(9-11-13)4-3-7-16-17(21)14-5-1-2-6-15(14)18(22)19(16)23/h1-2,5-6,8-11,20-21H,3-4,7H2. The second-order valence-electron chi connectivity index (χ2n) is 5.55. The lowest BCUT2D eigenvalue weighted by Crippen LogP contribution is -2.24. The molecule has 3 rings (SSSR count). The Kier molecular flexibility index (Phi) is 3.98. The molecular weight excluding hydrogens is 292 g/mol. The van der Waals surface area contributed by atoms with Crippen LogP contribution in [0.25, 0.3) is 5.76 Å². The lowest BCUT2D eigenvalue weighted by molar-refractivity contribution is -0.112. The number of allylic oxidation sites excluding steroid dienone is 1. The Balaban J connectivity index is 1.78. The van der Waals surface area contributed by atoms with Crippen molar-refractivity contribution in [1.82, 2.24) is 0 Å². The van der Waals surface area contributed by atoms with Crippen molar-refractivity contribution in [1.29, 1.82) is 0 Å². The van der Waals surface area contributed by atoms with E-state index in [1.54, 1.807) is 36.4 Å². The molecule has 2 aromatic rings. The van der Waals surface area contributed by atoms with Crippen molar-refractivity contribution in [3.63, 3.8) is 0 Å². The molecule has 0 saturated heterocycles. The van der Waals surface area contributed by atoms with Crippen LogP contribution in [0.5, 0.6) is 5.75 Å². The highest BCUT2D eigenvalue weighted by Gasteiger charge is 2.31. The molecule has 0 radical (unpaired) electrons. The lowest BCUT2D eigenvalue weighted by Gasteiger charge is -2.17. The first kappa shape index (κ1) is 15.0. The third kappa shape index (κ3) is 2.88. The zero-order valence-corrected chi connectivity index (χ0v) is 12.5. The minimum atomic E-state index is -0.619. The Morgan fingerprint density at radius 1 is 0.739 bits per heavy atom. The van der Waals surface area contributed by atoms with Crippen molar-refractivity contribution in [3.05, 3.63) is 70.8 Å². The summed E-state index contributed by atoms with van der Waals surface area (Å²) in [6.45, 7) is 0. The number of hydrogen-bond acceptors (Lipinski definition) is 4. The van der Waals surface area contributed by atoms with Gasteiger partial charge >= 0.3 is 0 Å². The summed E-state index contributed by atoms with van der Waals surface area (Å²) in [5.41, 5.74) is 1.90. The fraction of sp³-hybridized carbons (Fsp3) is 0.158. The summed E-state index contributed by atoms with van der Waals surface area (Å²) in [4.78, 5) is 24.3. The van der Waals surface area contributed by atoms with E-state index in [0.29, 0.717) is 24.8 Å². The Morgan fingerprint density at radius 2 is 1.39 bits per heavy atom. The van der Waals surface area contributed by atoms with Crippen molar-refractivity contribution in [2.24, 2.45) is 0 Å². The van der Waals surface area contributed by atoms with E-state index in [9.17, 15) is 19.8 Å². The normalized spacial score (nSPS) is 14.1. The Hall–Kier alpha value is -2.88. The van der Waals surface area contributed by atoms with E-state index in [1.165, 1.54) is 0 Å². The third-order valence-electron chi connectivity index (χ3n) is 4.02. The van der Waals surface area contributed by atoms with Crippen LogP contribution in [-0.4, -0.2) is 21.8 Å². The summed E-state index contributed by atoms with van der Waals surface area (Å²) in [6, 6.07) is 13.4. The number of Topliss-reactive ketones (excluding diaryl/α,β-unsaturated/α-hetero) is 2.